The van der Waals surface area contributed by atoms with Crippen LogP contribution >= 0.6 is 0 Å². The zero-order valence-corrected chi connectivity index (χ0v) is 18.1. The molecular formula is C22H28N4O5. The van der Waals surface area contributed by atoms with Crippen LogP contribution in [-0.4, -0.2) is 46.0 Å². The number of ether oxygens (including phenoxy) is 2. The second-order valence-corrected chi connectivity index (χ2v) is 7.91. The first-order valence-electron chi connectivity index (χ1n) is 10.6. The fourth-order valence-corrected chi connectivity index (χ4v) is 4.27. The lowest BCUT2D eigenvalue weighted by molar-refractivity contribution is -0.121. The molecule has 0 saturated carbocycles. The fourth-order valence-electron chi connectivity index (χ4n) is 4.27. The van der Waals surface area contributed by atoms with Gasteiger partial charge in [0.2, 0.25) is 5.91 Å². The number of carbonyl (C=O) groups is 1. The molecule has 1 saturated heterocycles. The molecule has 0 spiro atoms. The number of aryl methyl sites for hydroxylation is 1. The molecule has 166 valence electrons. The molecule has 3 heterocycles. The van der Waals surface area contributed by atoms with Gasteiger partial charge in [0, 0.05) is 25.6 Å². The lowest BCUT2D eigenvalue weighted by Gasteiger charge is -2.15. The third-order valence-corrected chi connectivity index (χ3v) is 5.84. The van der Waals surface area contributed by atoms with Crippen molar-refractivity contribution in [2.24, 2.45) is 7.05 Å². The Morgan fingerprint density at radius 3 is 2.74 bits per heavy atom. The van der Waals surface area contributed by atoms with Crippen LogP contribution in [0.3, 0.4) is 0 Å². The second-order valence-electron chi connectivity index (χ2n) is 7.91. The fraction of sp³-hybridized carbons (Fsp3) is 0.500. The summed E-state index contributed by atoms with van der Waals surface area (Å²) in [6.07, 6.45) is 2.32. The molecule has 9 heteroatoms. The van der Waals surface area contributed by atoms with Crippen molar-refractivity contribution in [1.29, 1.82) is 0 Å². The average Bonchev–Trinajstić information content (AvgIpc) is 3.38. The Kier molecular flexibility index (Phi) is 5.86. The van der Waals surface area contributed by atoms with Crippen molar-refractivity contribution in [3.05, 3.63) is 39.0 Å². The van der Waals surface area contributed by atoms with Gasteiger partial charge in [0.05, 0.1) is 30.8 Å². The van der Waals surface area contributed by atoms with Crippen LogP contribution in [0.1, 0.15) is 26.2 Å². The van der Waals surface area contributed by atoms with Gasteiger partial charge in [-0.3, -0.25) is 18.7 Å². The van der Waals surface area contributed by atoms with Crippen LogP contribution in [0.5, 0.6) is 5.75 Å². The molecule has 1 aromatic carbocycles. The Hall–Kier alpha value is -3.07. The van der Waals surface area contributed by atoms with Crippen LogP contribution in [0.4, 0.5) is 0 Å². The van der Waals surface area contributed by atoms with Gasteiger partial charge in [-0.05, 0) is 37.5 Å². The van der Waals surface area contributed by atoms with Gasteiger partial charge in [-0.2, -0.15) is 0 Å². The SMILES string of the molecule is CCCNC(=O)Cn1c(=O)n(CC2CCCO2)c(=O)c2c1c1cc(OC)ccc1n2C. The normalized spacial score (nSPS) is 16.3. The van der Waals surface area contributed by atoms with Crippen LogP contribution in [0.25, 0.3) is 21.9 Å². The maximum absolute atomic E-state index is 13.5. The predicted molar refractivity (Wildman–Crippen MR) is 118 cm³/mol. The number of aromatic nitrogens is 3. The van der Waals surface area contributed by atoms with E-state index in [1.54, 1.807) is 24.8 Å². The first kappa shape index (κ1) is 21.2. The Bertz CT molecular complexity index is 1250. The van der Waals surface area contributed by atoms with Gasteiger partial charge in [-0.25, -0.2) is 4.79 Å². The molecule has 9 nitrogen and oxygen atoms in total. The minimum atomic E-state index is -0.505. The zero-order valence-electron chi connectivity index (χ0n) is 18.1. The number of methoxy groups -OCH3 is 1. The summed E-state index contributed by atoms with van der Waals surface area (Å²) in [7, 11) is 3.35. The molecule has 3 aromatic rings. The highest BCUT2D eigenvalue weighted by molar-refractivity contribution is 6.06. The molecule has 1 atom stereocenters. The highest BCUT2D eigenvalue weighted by Crippen LogP contribution is 2.29. The van der Waals surface area contributed by atoms with E-state index in [1.807, 2.05) is 19.1 Å². The lowest BCUT2D eigenvalue weighted by Crippen LogP contribution is -2.44. The van der Waals surface area contributed by atoms with Crippen molar-refractivity contribution in [3.63, 3.8) is 0 Å². The zero-order chi connectivity index (χ0) is 22.1. The topological polar surface area (TPSA) is 96.5 Å². The van der Waals surface area contributed by atoms with Gasteiger partial charge in [0.25, 0.3) is 5.56 Å². The van der Waals surface area contributed by atoms with Gasteiger partial charge in [0.1, 0.15) is 17.8 Å². The molecule has 1 amide bonds. The van der Waals surface area contributed by atoms with Crippen molar-refractivity contribution in [3.8, 4) is 5.75 Å². The number of amides is 1. The lowest BCUT2D eigenvalue weighted by atomic mass is 10.2. The van der Waals surface area contributed by atoms with Gasteiger partial charge >= 0.3 is 5.69 Å². The number of nitrogens with zero attached hydrogens (tertiary/aromatic N) is 3. The van der Waals surface area contributed by atoms with E-state index in [0.717, 1.165) is 24.8 Å². The van der Waals surface area contributed by atoms with E-state index in [9.17, 15) is 14.4 Å². The molecule has 0 radical (unpaired) electrons. The van der Waals surface area contributed by atoms with Gasteiger partial charge in [-0.1, -0.05) is 6.92 Å². The Morgan fingerprint density at radius 1 is 1.26 bits per heavy atom. The number of hydrogen-bond acceptors (Lipinski definition) is 5. The van der Waals surface area contributed by atoms with E-state index in [0.29, 0.717) is 35.3 Å². The van der Waals surface area contributed by atoms with Crippen LogP contribution in [0, 0.1) is 0 Å². The Morgan fingerprint density at radius 2 is 2.06 bits per heavy atom. The van der Waals surface area contributed by atoms with E-state index in [4.69, 9.17) is 9.47 Å². The standard InChI is InChI=1S/C22H28N4O5/c1-4-9-23-18(27)13-25-19-16-11-14(30-3)7-8-17(16)24(2)20(19)21(28)26(22(25)29)12-15-6-5-10-31-15/h7-8,11,15H,4-6,9-10,12-13H2,1-3H3,(H,23,27). The van der Waals surface area contributed by atoms with E-state index in [-0.39, 0.29) is 30.7 Å². The smallest absolute Gasteiger partial charge is 0.332 e. The second kappa shape index (κ2) is 8.58. The van der Waals surface area contributed by atoms with Crippen LogP contribution < -0.4 is 21.3 Å². The maximum atomic E-state index is 13.5. The van der Waals surface area contributed by atoms with Crippen molar-refractivity contribution in [2.45, 2.75) is 45.4 Å². The first-order chi connectivity index (χ1) is 15.0. The minimum Gasteiger partial charge on any atom is -0.497 e. The molecule has 1 aliphatic heterocycles. The van der Waals surface area contributed by atoms with Crippen molar-refractivity contribution < 1.29 is 14.3 Å². The van der Waals surface area contributed by atoms with E-state index < -0.39 is 5.69 Å². The molecular weight excluding hydrogens is 400 g/mol. The van der Waals surface area contributed by atoms with Gasteiger partial charge < -0.3 is 19.4 Å². The van der Waals surface area contributed by atoms with Gasteiger partial charge in [0.15, 0.2) is 0 Å². The number of nitrogens with one attached hydrogen (secondary N) is 1. The van der Waals surface area contributed by atoms with E-state index >= 15 is 0 Å². The molecule has 0 aliphatic carbocycles. The van der Waals surface area contributed by atoms with Crippen molar-refractivity contribution >= 4 is 27.8 Å². The molecule has 31 heavy (non-hydrogen) atoms. The highest BCUT2D eigenvalue weighted by Gasteiger charge is 2.24. The monoisotopic (exact) mass is 428 g/mol. The molecule has 1 fully saturated rings. The maximum Gasteiger partial charge on any atom is 0.332 e. The summed E-state index contributed by atoms with van der Waals surface area (Å²) in [5, 5.41) is 3.51. The van der Waals surface area contributed by atoms with Crippen LogP contribution in [0.2, 0.25) is 0 Å². The number of hydrogen-bond donors (Lipinski definition) is 1. The third-order valence-electron chi connectivity index (χ3n) is 5.84. The number of carbonyl (C=O) groups excluding carboxylic acids is 1. The quantitative estimate of drug-likeness (QED) is 0.613. The summed E-state index contributed by atoms with van der Waals surface area (Å²) in [4.78, 5) is 39.5. The molecule has 1 N–H and O–H groups in total. The summed E-state index contributed by atoms with van der Waals surface area (Å²) < 4.78 is 15.4. The van der Waals surface area contributed by atoms with Gasteiger partial charge in [-0.15, -0.1) is 0 Å². The third kappa shape index (κ3) is 3.74. The van der Waals surface area contributed by atoms with Crippen molar-refractivity contribution in [1.82, 2.24) is 19.0 Å². The number of rotatable bonds is 7. The summed E-state index contributed by atoms with van der Waals surface area (Å²) >= 11 is 0. The molecule has 1 aliphatic rings. The van der Waals surface area contributed by atoms with E-state index in [1.165, 1.54) is 9.13 Å². The predicted octanol–water partition coefficient (Wildman–Crippen LogP) is 1.37. The first-order valence-corrected chi connectivity index (χ1v) is 10.6. The largest absolute Gasteiger partial charge is 0.497 e. The molecule has 1 unspecified atom stereocenters. The summed E-state index contributed by atoms with van der Waals surface area (Å²) in [6.45, 7) is 3.12. The number of fused-ring (bicyclic) bond motifs is 3. The molecule has 2 aromatic heterocycles. The Balaban J connectivity index is 1.99. The summed E-state index contributed by atoms with van der Waals surface area (Å²) in [5.74, 6) is 0.338. The van der Waals surface area contributed by atoms with E-state index in [2.05, 4.69) is 5.32 Å². The van der Waals surface area contributed by atoms with Crippen LogP contribution in [0.15, 0.2) is 27.8 Å². The van der Waals surface area contributed by atoms with Crippen molar-refractivity contribution in [2.75, 3.05) is 20.3 Å². The molecule has 4 rings (SSSR count). The average molecular weight is 428 g/mol. The molecule has 0 bridgehead atoms. The Labute approximate surface area is 179 Å². The van der Waals surface area contributed by atoms with Crippen LogP contribution in [-0.2, 0) is 29.7 Å². The highest BCUT2D eigenvalue weighted by atomic mass is 16.5. The summed E-state index contributed by atoms with van der Waals surface area (Å²) in [5.41, 5.74) is 0.726. The summed E-state index contributed by atoms with van der Waals surface area (Å²) in [6, 6.07) is 5.45. The minimum absolute atomic E-state index is 0.169. The number of benzene rings is 1.